The van der Waals surface area contributed by atoms with Gasteiger partial charge in [-0.15, -0.1) is 0 Å². The third-order valence-corrected chi connectivity index (χ3v) is 6.96. The average Bonchev–Trinajstić information content (AvgIpc) is 3.27. The number of thioether (sulfide) groups is 1. The van der Waals surface area contributed by atoms with Crippen molar-refractivity contribution in [2.24, 2.45) is 0 Å². The highest BCUT2D eigenvalue weighted by molar-refractivity contribution is 8.24. The smallest absolute Gasteiger partial charge is 0.353 e. The summed E-state index contributed by atoms with van der Waals surface area (Å²) in [7, 11) is 3.20. The van der Waals surface area contributed by atoms with Gasteiger partial charge in [0.05, 0.1) is 20.0 Å². The molecule has 1 N–H and O–H groups in total. The maximum atomic E-state index is 12.4. The number of carboxylic acid groups (broad SMARTS) is 1. The number of carbonyl (C=O) groups is 2. The van der Waals surface area contributed by atoms with Gasteiger partial charge in [0.25, 0.3) is 0 Å². The van der Waals surface area contributed by atoms with Gasteiger partial charge in [-0.25, -0.2) is 4.79 Å². The van der Waals surface area contributed by atoms with Gasteiger partial charge in [-0.2, -0.15) is 0 Å². The molecular weight excluding hydrogens is 526 g/mol. The molecule has 10 heteroatoms. The Morgan fingerprint density at radius 1 is 0.921 bits per heavy atom. The number of ether oxygens (including phenoxy) is 4. The molecule has 0 bridgehead atoms. The molecule has 1 amide bonds. The first-order valence-electron chi connectivity index (χ1n) is 11.5. The second kappa shape index (κ2) is 12.5. The zero-order valence-corrected chi connectivity index (χ0v) is 22.3. The minimum Gasteiger partial charge on any atom is -0.497 e. The summed E-state index contributed by atoms with van der Waals surface area (Å²) in [5, 5.41) is 9.92. The normalized spacial score (nSPS) is 13.4. The largest absolute Gasteiger partial charge is 0.497 e. The van der Waals surface area contributed by atoms with Crippen LogP contribution in [0.2, 0.25) is 0 Å². The van der Waals surface area contributed by atoms with Gasteiger partial charge < -0.3 is 24.1 Å². The lowest BCUT2D eigenvalue weighted by Crippen LogP contribution is -2.31. The molecular formula is C28H25NO7S2. The molecule has 8 nitrogen and oxygen atoms in total. The van der Waals surface area contributed by atoms with Gasteiger partial charge in [-0.3, -0.25) is 9.69 Å². The molecule has 3 aromatic carbocycles. The van der Waals surface area contributed by atoms with E-state index in [1.165, 1.54) is 6.08 Å². The van der Waals surface area contributed by atoms with Crippen molar-refractivity contribution >= 4 is 46.3 Å². The van der Waals surface area contributed by atoms with Crippen LogP contribution in [0.3, 0.4) is 0 Å². The van der Waals surface area contributed by atoms with Gasteiger partial charge in [0.1, 0.15) is 46.2 Å². The quantitative estimate of drug-likeness (QED) is 0.257. The lowest BCUT2D eigenvalue weighted by molar-refractivity contribution is -0.136. The van der Waals surface area contributed by atoms with Crippen LogP contribution in [0.5, 0.6) is 23.0 Å². The Hall–Kier alpha value is -4.02. The molecule has 4 rings (SSSR count). The predicted molar refractivity (Wildman–Crippen MR) is 149 cm³/mol. The maximum absolute atomic E-state index is 12.4. The second-order valence-corrected chi connectivity index (χ2v) is 9.70. The Balaban J connectivity index is 1.63. The number of hydrogen-bond acceptors (Lipinski definition) is 8. The summed E-state index contributed by atoms with van der Waals surface area (Å²) in [5.41, 5.74) is 1.99. The van der Waals surface area contributed by atoms with E-state index < -0.39 is 5.97 Å². The Kier molecular flexibility index (Phi) is 8.88. The number of methoxy groups -OCH3 is 2. The lowest BCUT2D eigenvalue weighted by atomic mass is 10.1. The highest BCUT2D eigenvalue weighted by Gasteiger charge is 2.33. The average molecular weight is 552 g/mol. The van der Waals surface area contributed by atoms with E-state index in [1.54, 1.807) is 32.4 Å². The highest BCUT2D eigenvalue weighted by Crippen LogP contribution is 2.31. The molecule has 0 aliphatic carbocycles. The standard InChI is InChI=1S/C28H25NO7S2/c1-33-21-7-3-18(4-8-21)15-35-23-11-12-25(36-16-19-5-9-22(34-2)10-6-19)20(13-23)14-24(27(31)32)29-26(30)17-38-28(29)37/h3-14H,15-17H2,1-2H3,(H,31,32). The Morgan fingerprint density at radius 3 is 1.97 bits per heavy atom. The molecule has 1 fully saturated rings. The number of benzene rings is 3. The molecule has 3 aromatic rings. The zero-order valence-electron chi connectivity index (χ0n) is 20.7. The van der Waals surface area contributed by atoms with Crippen molar-refractivity contribution < 1.29 is 33.6 Å². The van der Waals surface area contributed by atoms with Gasteiger partial charge in [0, 0.05) is 5.56 Å². The third kappa shape index (κ3) is 6.64. The van der Waals surface area contributed by atoms with E-state index in [4.69, 9.17) is 31.2 Å². The van der Waals surface area contributed by atoms with Crippen molar-refractivity contribution in [3.8, 4) is 23.0 Å². The van der Waals surface area contributed by atoms with Crippen LogP contribution >= 0.6 is 24.0 Å². The molecule has 1 aliphatic heterocycles. The first kappa shape index (κ1) is 27.0. The number of carbonyl (C=O) groups excluding carboxylic acids is 1. The van der Waals surface area contributed by atoms with Crippen molar-refractivity contribution in [3.63, 3.8) is 0 Å². The minimum atomic E-state index is -1.28. The van der Waals surface area contributed by atoms with Gasteiger partial charge in [-0.05, 0) is 59.7 Å². The Morgan fingerprint density at radius 2 is 1.47 bits per heavy atom. The first-order valence-corrected chi connectivity index (χ1v) is 12.9. The van der Waals surface area contributed by atoms with Crippen LogP contribution in [0.4, 0.5) is 0 Å². The van der Waals surface area contributed by atoms with E-state index >= 15 is 0 Å². The van der Waals surface area contributed by atoms with Crippen molar-refractivity contribution in [2.45, 2.75) is 13.2 Å². The molecule has 1 heterocycles. The van der Waals surface area contributed by atoms with Crippen LogP contribution in [-0.2, 0) is 22.8 Å². The summed E-state index contributed by atoms with van der Waals surface area (Å²) in [6, 6.07) is 20.0. The fourth-order valence-corrected chi connectivity index (χ4v) is 4.67. The van der Waals surface area contributed by atoms with Gasteiger partial charge >= 0.3 is 5.97 Å². The van der Waals surface area contributed by atoms with Gasteiger partial charge in [-0.1, -0.05) is 48.2 Å². The Bertz CT molecular complexity index is 1340. The number of amides is 1. The molecule has 0 saturated carbocycles. The van der Waals surface area contributed by atoms with E-state index in [0.717, 1.165) is 39.3 Å². The van der Waals surface area contributed by atoms with Crippen LogP contribution in [0.1, 0.15) is 16.7 Å². The van der Waals surface area contributed by atoms with Crippen LogP contribution in [-0.4, -0.2) is 46.2 Å². The fourth-order valence-electron chi connectivity index (χ4n) is 3.59. The summed E-state index contributed by atoms with van der Waals surface area (Å²) in [5.74, 6) is 0.809. The molecule has 196 valence electrons. The summed E-state index contributed by atoms with van der Waals surface area (Å²) in [4.78, 5) is 25.6. The van der Waals surface area contributed by atoms with Crippen LogP contribution in [0.15, 0.2) is 72.4 Å². The van der Waals surface area contributed by atoms with Gasteiger partial charge in [0.15, 0.2) is 0 Å². The minimum absolute atomic E-state index is 0.0926. The van der Waals surface area contributed by atoms with Crippen molar-refractivity contribution in [2.75, 3.05) is 20.0 Å². The molecule has 0 atom stereocenters. The molecule has 1 saturated heterocycles. The lowest BCUT2D eigenvalue weighted by Gasteiger charge is -2.17. The van der Waals surface area contributed by atoms with Crippen molar-refractivity contribution in [1.82, 2.24) is 4.90 Å². The summed E-state index contributed by atoms with van der Waals surface area (Å²) < 4.78 is 22.6. The highest BCUT2D eigenvalue weighted by atomic mass is 32.2. The number of rotatable bonds is 11. The Labute approximate surface area is 229 Å². The van der Waals surface area contributed by atoms with E-state index in [2.05, 4.69) is 0 Å². The van der Waals surface area contributed by atoms with E-state index in [9.17, 15) is 14.7 Å². The maximum Gasteiger partial charge on any atom is 0.353 e. The summed E-state index contributed by atoms with van der Waals surface area (Å²) in [6.07, 6.45) is 1.38. The topological polar surface area (TPSA) is 94.5 Å². The number of thiocarbonyl (C=S) groups is 1. The fraction of sp³-hybridized carbons (Fsp3) is 0.179. The number of carboxylic acids is 1. The van der Waals surface area contributed by atoms with Crippen molar-refractivity contribution in [3.05, 3.63) is 89.1 Å². The molecule has 38 heavy (non-hydrogen) atoms. The first-order chi connectivity index (χ1) is 18.4. The van der Waals surface area contributed by atoms with E-state index in [0.29, 0.717) is 17.1 Å². The number of nitrogens with zero attached hydrogens (tertiary/aromatic N) is 1. The number of aliphatic carboxylic acids is 1. The van der Waals surface area contributed by atoms with Crippen molar-refractivity contribution in [1.29, 1.82) is 0 Å². The van der Waals surface area contributed by atoms with Crippen LogP contribution in [0.25, 0.3) is 6.08 Å². The zero-order chi connectivity index (χ0) is 27.1. The molecule has 0 radical (unpaired) electrons. The van der Waals surface area contributed by atoms with Crippen LogP contribution < -0.4 is 18.9 Å². The third-order valence-electron chi connectivity index (χ3n) is 5.60. The second-order valence-electron chi connectivity index (χ2n) is 8.09. The number of hydrogen-bond donors (Lipinski definition) is 1. The van der Waals surface area contributed by atoms with E-state index in [1.807, 2.05) is 48.5 Å². The predicted octanol–water partition coefficient (Wildman–Crippen LogP) is 5.15. The molecule has 1 aliphatic rings. The van der Waals surface area contributed by atoms with Gasteiger partial charge in [0.2, 0.25) is 5.91 Å². The molecule has 0 spiro atoms. The molecule has 0 unspecified atom stereocenters. The summed E-state index contributed by atoms with van der Waals surface area (Å²) in [6.45, 7) is 0.520. The van der Waals surface area contributed by atoms with E-state index in [-0.39, 0.29) is 34.9 Å². The van der Waals surface area contributed by atoms with Crippen LogP contribution in [0, 0.1) is 0 Å². The summed E-state index contributed by atoms with van der Waals surface area (Å²) >= 11 is 6.35. The molecule has 0 aromatic heterocycles. The SMILES string of the molecule is COc1ccc(COc2ccc(OCc3ccc(OC)cc3)c(C=C(C(=O)O)N3C(=O)CSC3=S)c2)cc1. The monoisotopic (exact) mass is 551 g/mol.